The Morgan fingerprint density at radius 3 is 2.26 bits per heavy atom. The lowest BCUT2D eigenvalue weighted by molar-refractivity contribution is -0.137. The predicted octanol–water partition coefficient (Wildman–Crippen LogP) is 2.79. The van der Waals surface area contributed by atoms with Crippen LogP contribution in [0.1, 0.15) is 58.8 Å². The third kappa shape index (κ3) is 4.20. The van der Waals surface area contributed by atoms with Gasteiger partial charge in [0.05, 0.1) is 0 Å². The Morgan fingerprint density at radius 2 is 1.79 bits per heavy atom. The smallest absolute Gasteiger partial charge is 0.225 e. The topological polar surface area (TPSA) is 46.3 Å². The van der Waals surface area contributed by atoms with Gasteiger partial charge in [-0.15, -0.1) is 0 Å². The lowest BCUT2D eigenvalue weighted by atomic mass is 9.81. The van der Waals surface area contributed by atoms with Crippen molar-refractivity contribution in [2.45, 2.75) is 64.8 Å². The highest BCUT2D eigenvalue weighted by molar-refractivity contribution is 5.79. The first-order chi connectivity index (χ1) is 9.11. The van der Waals surface area contributed by atoms with E-state index in [-0.39, 0.29) is 5.92 Å². The molecule has 0 atom stereocenters. The van der Waals surface area contributed by atoms with E-state index in [1.165, 1.54) is 12.8 Å². The number of amides is 1. The number of carbonyl (C=O) groups is 1. The molecule has 3 nitrogen and oxygen atoms in total. The monoisotopic (exact) mass is 266 g/mol. The van der Waals surface area contributed by atoms with Crippen molar-refractivity contribution >= 4 is 5.91 Å². The lowest BCUT2D eigenvalue weighted by Crippen LogP contribution is -2.40. The minimum Gasteiger partial charge on any atom is -0.339 e. The fraction of sp³-hybridized carbons (Fsp3) is 0.938. The molecule has 0 spiro atoms. The zero-order valence-corrected chi connectivity index (χ0v) is 12.6. The minimum atomic E-state index is 0.288. The van der Waals surface area contributed by atoms with E-state index in [9.17, 15) is 4.79 Å². The van der Waals surface area contributed by atoms with E-state index < -0.39 is 0 Å². The van der Waals surface area contributed by atoms with Gasteiger partial charge in [0.1, 0.15) is 0 Å². The molecule has 0 aromatic carbocycles. The molecule has 19 heavy (non-hydrogen) atoms. The van der Waals surface area contributed by atoms with Crippen molar-refractivity contribution in [3.63, 3.8) is 0 Å². The molecule has 2 N–H and O–H groups in total. The predicted molar refractivity (Wildman–Crippen MR) is 78.7 cm³/mol. The first kappa shape index (κ1) is 14.8. The number of rotatable bonds is 6. The Kier molecular flexibility index (Phi) is 5.26. The summed E-state index contributed by atoms with van der Waals surface area (Å²) in [7, 11) is 0. The van der Waals surface area contributed by atoms with Gasteiger partial charge < -0.3 is 10.6 Å². The molecule has 2 fully saturated rings. The van der Waals surface area contributed by atoms with Gasteiger partial charge in [-0.3, -0.25) is 4.79 Å². The van der Waals surface area contributed by atoms with Crippen LogP contribution in [0, 0.1) is 17.8 Å². The summed E-state index contributed by atoms with van der Waals surface area (Å²) in [4.78, 5) is 14.9. The van der Waals surface area contributed by atoms with Crippen LogP contribution in [0.3, 0.4) is 0 Å². The Bertz CT molecular complexity index is 291. The second-order valence-electron chi connectivity index (χ2n) is 6.90. The molecule has 2 rings (SSSR count). The average Bonchev–Trinajstić information content (AvgIpc) is 3.23. The summed E-state index contributed by atoms with van der Waals surface area (Å²) in [6.07, 6.45) is 8.01. The van der Waals surface area contributed by atoms with Gasteiger partial charge in [0.2, 0.25) is 5.91 Å². The number of nitrogens with zero attached hydrogens (tertiary/aromatic N) is 1. The van der Waals surface area contributed by atoms with Crippen molar-refractivity contribution < 1.29 is 4.79 Å². The van der Waals surface area contributed by atoms with Gasteiger partial charge in [0.25, 0.3) is 0 Å². The van der Waals surface area contributed by atoms with Gasteiger partial charge in [-0.2, -0.15) is 0 Å². The highest BCUT2D eigenvalue weighted by Crippen LogP contribution is 2.34. The van der Waals surface area contributed by atoms with Crippen LogP contribution in [-0.2, 0) is 4.79 Å². The van der Waals surface area contributed by atoms with E-state index >= 15 is 0 Å². The molecule has 0 saturated heterocycles. The highest BCUT2D eigenvalue weighted by atomic mass is 16.2. The lowest BCUT2D eigenvalue weighted by Gasteiger charge is -2.32. The molecule has 2 aliphatic rings. The maximum Gasteiger partial charge on any atom is 0.225 e. The van der Waals surface area contributed by atoms with Gasteiger partial charge in [-0.25, -0.2) is 0 Å². The summed E-state index contributed by atoms with van der Waals surface area (Å²) in [5, 5.41) is 0. The van der Waals surface area contributed by atoms with Gasteiger partial charge in [-0.1, -0.05) is 13.8 Å². The Balaban J connectivity index is 1.85. The summed E-state index contributed by atoms with van der Waals surface area (Å²) in [6.45, 7) is 6.24. The molecule has 0 aromatic heterocycles. The van der Waals surface area contributed by atoms with Crippen molar-refractivity contribution in [1.29, 1.82) is 0 Å². The van der Waals surface area contributed by atoms with Crippen LogP contribution in [0.2, 0.25) is 0 Å². The van der Waals surface area contributed by atoms with Crippen LogP contribution in [0.4, 0.5) is 0 Å². The SMILES string of the molecule is CC(C)CCN(C(=O)C1CCC(CN)CC1)C1CC1. The maximum absolute atomic E-state index is 12.7. The van der Waals surface area contributed by atoms with E-state index in [1.54, 1.807) is 0 Å². The molecule has 110 valence electrons. The fourth-order valence-electron chi connectivity index (χ4n) is 3.14. The van der Waals surface area contributed by atoms with Gasteiger partial charge in [0.15, 0.2) is 0 Å². The van der Waals surface area contributed by atoms with Crippen LogP contribution in [0.5, 0.6) is 0 Å². The van der Waals surface area contributed by atoms with E-state index in [1.807, 2.05) is 0 Å². The normalized spacial score (nSPS) is 27.6. The molecule has 0 unspecified atom stereocenters. The maximum atomic E-state index is 12.7. The van der Waals surface area contributed by atoms with Crippen molar-refractivity contribution in [1.82, 2.24) is 4.90 Å². The molecule has 0 heterocycles. The Hall–Kier alpha value is -0.570. The highest BCUT2D eigenvalue weighted by Gasteiger charge is 2.36. The van der Waals surface area contributed by atoms with Crippen molar-refractivity contribution in [2.24, 2.45) is 23.5 Å². The van der Waals surface area contributed by atoms with Gasteiger partial charge in [0, 0.05) is 18.5 Å². The van der Waals surface area contributed by atoms with E-state index in [0.29, 0.717) is 23.8 Å². The number of hydrogen-bond acceptors (Lipinski definition) is 2. The molecule has 0 radical (unpaired) electrons. The fourth-order valence-corrected chi connectivity index (χ4v) is 3.14. The molecule has 0 aliphatic heterocycles. The summed E-state index contributed by atoms with van der Waals surface area (Å²) in [5.41, 5.74) is 5.73. The van der Waals surface area contributed by atoms with Crippen molar-refractivity contribution in [2.75, 3.05) is 13.1 Å². The molecule has 0 bridgehead atoms. The Labute approximate surface area is 117 Å². The Morgan fingerprint density at radius 1 is 1.16 bits per heavy atom. The van der Waals surface area contributed by atoms with Crippen LogP contribution >= 0.6 is 0 Å². The zero-order chi connectivity index (χ0) is 13.8. The summed E-state index contributed by atoms with van der Waals surface area (Å²) < 4.78 is 0. The second-order valence-corrected chi connectivity index (χ2v) is 6.90. The van der Waals surface area contributed by atoms with Crippen molar-refractivity contribution in [3.8, 4) is 0 Å². The van der Waals surface area contributed by atoms with E-state index in [0.717, 1.165) is 45.2 Å². The summed E-state index contributed by atoms with van der Waals surface area (Å²) in [5.74, 6) is 2.07. The van der Waals surface area contributed by atoms with E-state index in [2.05, 4.69) is 18.7 Å². The molecule has 3 heteroatoms. The van der Waals surface area contributed by atoms with Crippen LogP contribution in [0.25, 0.3) is 0 Å². The van der Waals surface area contributed by atoms with Crippen LogP contribution in [-0.4, -0.2) is 29.9 Å². The molecule has 2 saturated carbocycles. The molecule has 1 amide bonds. The summed E-state index contributed by atoms with van der Waals surface area (Å²) in [6, 6.07) is 0.568. The van der Waals surface area contributed by atoms with Gasteiger partial charge >= 0.3 is 0 Å². The summed E-state index contributed by atoms with van der Waals surface area (Å²) >= 11 is 0. The standard InChI is InChI=1S/C16H30N2O/c1-12(2)9-10-18(15-7-8-15)16(19)14-5-3-13(11-17)4-6-14/h12-15H,3-11,17H2,1-2H3. The molecule has 2 aliphatic carbocycles. The second kappa shape index (κ2) is 6.74. The van der Waals surface area contributed by atoms with E-state index in [4.69, 9.17) is 5.73 Å². The quantitative estimate of drug-likeness (QED) is 0.803. The molecule has 0 aromatic rings. The zero-order valence-electron chi connectivity index (χ0n) is 12.6. The first-order valence-electron chi connectivity index (χ1n) is 8.12. The molecular formula is C16H30N2O. The van der Waals surface area contributed by atoms with Gasteiger partial charge in [-0.05, 0) is 63.3 Å². The minimum absolute atomic E-state index is 0.288. The molecular weight excluding hydrogens is 236 g/mol. The largest absolute Gasteiger partial charge is 0.339 e. The third-order valence-electron chi connectivity index (χ3n) is 4.75. The number of nitrogens with two attached hydrogens (primary N) is 1. The average molecular weight is 266 g/mol. The van der Waals surface area contributed by atoms with Crippen LogP contribution < -0.4 is 5.73 Å². The third-order valence-corrected chi connectivity index (χ3v) is 4.75. The number of carbonyl (C=O) groups excluding carboxylic acids is 1. The number of hydrogen-bond donors (Lipinski definition) is 1. The van der Waals surface area contributed by atoms with Crippen molar-refractivity contribution in [3.05, 3.63) is 0 Å². The first-order valence-corrected chi connectivity index (χ1v) is 8.12. The van der Waals surface area contributed by atoms with Crippen LogP contribution in [0.15, 0.2) is 0 Å².